The fraction of sp³-hybridized carbons (Fsp3) is 0.300. The number of aliphatic hydroxyl groups is 1. The minimum atomic E-state index is -0.799. The zero-order chi connectivity index (χ0) is 17.9. The van der Waals surface area contributed by atoms with Crippen molar-refractivity contribution in [2.24, 2.45) is 0 Å². The Balaban J connectivity index is 1.88. The number of nitrogens with zero attached hydrogens (tertiary/aromatic N) is 4. The molecule has 3 aromatic rings. The molecule has 3 rings (SSSR count). The third kappa shape index (κ3) is 4.44. The van der Waals surface area contributed by atoms with Gasteiger partial charge in [-0.05, 0) is 31.5 Å². The molecule has 0 fully saturated rings. The van der Waals surface area contributed by atoms with Crippen molar-refractivity contribution >= 4 is 5.65 Å². The van der Waals surface area contributed by atoms with E-state index in [-0.39, 0.29) is 0 Å². The Bertz CT molecular complexity index is 887. The molecule has 2 heterocycles. The van der Waals surface area contributed by atoms with E-state index in [1.54, 1.807) is 6.07 Å². The van der Waals surface area contributed by atoms with Gasteiger partial charge in [0, 0.05) is 25.8 Å². The second kappa shape index (κ2) is 7.06. The highest BCUT2D eigenvalue weighted by molar-refractivity contribution is 5.44. The quantitative estimate of drug-likeness (QED) is 0.753. The monoisotopic (exact) mass is 334 g/mol. The van der Waals surface area contributed by atoms with Crippen LogP contribution in [0.5, 0.6) is 0 Å². The summed E-state index contributed by atoms with van der Waals surface area (Å²) in [5.74, 6) is 0. The first kappa shape index (κ1) is 17.2. The Morgan fingerprint density at radius 3 is 2.60 bits per heavy atom. The second-order valence-electron chi connectivity index (χ2n) is 6.95. The zero-order valence-electron chi connectivity index (χ0n) is 14.6. The largest absolute Gasteiger partial charge is 0.389 e. The Hall–Kier alpha value is -2.68. The fourth-order valence-electron chi connectivity index (χ4n) is 3.00. The lowest BCUT2D eigenvalue weighted by atomic mass is 10.1. The molecule has 0 atom stereocenters. The van der Waals surface area contributed by atoms with E-state index in [1.807, 2.05) is 54.9 Å². The van der Waals surface area contributed by atoms with E-state index in [0.717, 1.165) is 17.9 Å². The van der Waals surface area contributed by atoms with Gasteiger partial charge in [0.25, 0.3) is 0 Å². The molecule has 0 unspecified atom stereocenters. The lowest BCUT2D eigenvalue weighted by Crippen LogP contribution is -2.38. The standard InChI is InChI=1S/C20H22N4O/c1-20(2,25)15-23(12-16-6-4-3-5-7-16)14-18-11-22-19-9-8-17(10-21)13-24(18)19/h3-9,11,13,25H,12,14-15H2,1-2H3. The van der Waals surface area contributed by atoms with Gasteiger partial charge in [-0.15, -0.1) is 0 Å². The summed E-state index contributed by atoms with van der Waals surface area (Å²) in [5.41, 5.74) is 2.80. The number of imidazole rings is 1. The third-order valence-electron chi connectivity index (χ3n) is 3.96. The van der Waals surface area contributed by atoms with Gasteiger partial charge in [-0.2, -0.15) is 5.26 Å². The molecule has 2 aromatic heterocycles. The highest BCUT2D eigenvalue weighted by Crippen LogP contribution is 2.16. The number of pyridine rings is 1. The number of nitriles is 1. The van der Waals surface area contributed by atoms with Gasteiger partial charge >= 0.3 is 0 Å². The molecular formula is C20H22N4O. The summed E-state index contributed by atoms with van der Waals surface area (Å²) in [6.07, 6.45) is 3.64. The van der Waals surface area contributed by atoms with E-state index in [2.05, 4.69) is 28.1 Å². The number of aromatic nitrogens is 2. The maximum Gasteiger partial charge on any atom is 0.137 e. The number of hydrogen-bond donors (Lipinski definition) is 1. The molecule has 0 aliphatic heterocycles. The molecule has 0 amide bonds. The first-order valence-corrected chi connectivity index (χ1v) is 8.29. The third-order valence-corrected chi connectivity index (χ3v) is 3.96. The van der Waals surface area contributed by atoms with Crippen LogP contribution < -0.4 is 0 Å². The van der Waals surface area contributed by atoms with Gasteiger partial charge in [0.1, 0.15) is 11.7 Å². The average Bonchev–Trinajstić information content (AvgIpc) is 2.96. The van der Waals surface area contributed by atoms with Crippen molar-refractivity contribution in [3.63, 3.8) is 0 Å². The predicted octanol–water partition coefficient (Wildman–Crippen LogP) is 2.98. The van der Waals surface area contributed by atoms with Crippen LogP contribution in [0.4, 0.5) is 0 Å². The van der Waals surface area contributed by atoms with Gasteiger partial charge in [-0.3, -0.25) is 4.90 Å². The first-order chi connectivity index (χ1) is 11.9. The lowest BCUT2D eigenvalue weighted by Gasteiger charge is -2.29. The van der Waals surface area contributed by atoms with Crippen LogP contribution in [0.25, 0.3) is 5.65 Å². The molecule has 5 heteroatoms. The van der Waals surface area contributed by atoms with Crippen molar-refractivity contribution < 1.29 is 5.11 Å². The van der Waals surface area contributed by atoms with E-state index in [4.69, 9.17) is 5.26 Å². The normalized spacial score (nSPS) is 11.8. The highest BCUT2D eigenvalue weighted by atomic mass is 16.3. The topological polar surface area (TPSA) is 64.6 Å². The van der Waals surface area contributed by atoms with Gasteiger partial charge in [-0.1, -0.05) is 30.3 Å². The Morgan fingerprint density at radius 2 is 1.92 bits per heavy atom. The molecular weight excluding hydrogens is 312 g/mol. The molecule has 0 aliphatic carbocycles. The SMILES string of the molecule is CC(C)(O)CN(Cc1ccccc1)Cc1cnc2ccc(C#N)cn12. The van der Waals surface area contributed by atoms with E-state index in [9.17, 15) is 5.11 Å². The number of hydrogen-bond acceptors (Lipinski definition) is 4. The average molecular weight is 334 g/mol. The van der Waals surface area contributed by atoms with Gasteiger partial charge < -0.3 is 9.51 Å². The molecule has 0 spiro atoms. The Kier molecular flexibility index (Phi) is 4.84. The Morgan fingerprint density at radius 1 is 1.16 bits per heavy atom. The van der Waals surface area contributed by atoms with Gasteiger partial charge in [0.05, 0.1) is 23.1 Å². The van der Waals surface area contributed by atoms with Crippen LogP contribution in [-0.4, -0.2) is 31.5 Å². The summed E-state index contributed by atoms with van der Waals surface area (Å²) >= 11 is 0. The minimum absolute atomic E-state index is 0.535. The van der Waals surface area contributed by atoms with Crippen LogP contribution in [-0.2, 0) is 13.1 Å². The smallest absolute Gasteiger partial charge is 0.137 e. The zero-order valence-corrected chi connectivity index (χ0v) is 14.6. The summed E-state index contributed by atoms with van der Waals surface area (Å²) in [6.45, 7) is 5.53. The lowest BCUT2D eigenvalue weighted by molar-refractivity contribution is 0.0302. The summed E-state index contributed by atoms with van der Waals surface area (Å²) in [6, 6.07) is 16.0. The van der Waals surface area contributed by atoms with E-state index in [0.29, 0.717) is 18.7 Å². The summed E-state index contributed by atoms with van der Waals surface area (Å²) in [7, 11) is 0. The maximum atomic E-state index is 10.3. The van der Waals surface area contributed by atoms with Gasteiger partial charge in [0.15, 0.2) is 0 Å². The number of rotatable bonds is 6. The van der Waals surface area contributed by atoms with Crippen molar-refractivity contribution in [3.8, 4) is 6.07 Å². The van der Waals surface area contributed by atoms with Crippen LogP contribution in [0.3, 0.4) is 0 Å². The molecule has 1 N–H and O–H groups in total. The molecule has 0 saturated heterocycles. The highest BCUT2D eigenvalue weighted by Gasteiger charge is 2.20. The predicted molar refractivity (Wildman–Crippen MR) is 96.8 cm³/mol. The molecule has 5 nitrogen and oxygen atoms in total. The van der Waals surface area contributed by atoms with E-state index in [1.165, 1.54) is 5.56 Å². The molecule has 0 radical (unpaired) electrons. The van der Waals surface area contributed by atoms with Crippen molar-refractivity contribution in [3.05, 3.63) is 71.7 Å². The van der Waals surface area contributed by atoms with Crippen molar-refractivity contribution in [2.75, 3.05) is 6.54 Å². The summed E-state index contributed by atoms with van der Waals surface area (Å²) in [4.78, 5) is 6.61. The first-order valence-electron chi connectivity index (χ1n) is 8.29. The maximum absolute atomic E-state index is 10.3. The molecule has 128 valence electrons. The van der Waals surface area contributed by atoms with Crippen molar-refractivity contribution in [1.82, 2.24) is 14.3 Å². The number of benzene rings is 1. The van der Waals surface area contributed by atoms with E-state index >= 15 is 0 Å². The van der Waals surface area contributed by atoms with Crippen LogP contribution in [0.2, 0.25) is 0 Å². The summed E-state index contributed by atoms with van der Waals surface area (Å²) < 4.78 is 1.95. The fourth-order valence-corrected chi connectivity index (χ4v) is 3.00. The minimum Gasteiger partial charge on any atom is -0.389 e. The van der Waals surface area contributed by atoms with Crippen molar-refractivity contribution in [1.29, 1.82) is 5.26 Å². The Labute approximate surface area is 147 Å². The number of fused-ring (bicyclic) bond motifs is 1. The molecule has 0 bridgehead atoms. The van der Waals surface area contributed by atoms with Crippen LogP contribution >= 0.6 is 0 Å². The summed E-state index contributed by atoms with van der Waals surface area (Å²) in [5, 5.41) is 19.4. The van der Waals surface area contributed by atoms with Crippen molar-refractivity contribution in [2.45, 2.75) is 32.5 Å². The van der Waals surface area contributed by atoms with E-state index < -0.39 is 5.60 Å². The molecule has 25 heavy (non-hydrogen) atoms. The molecule has 1 aromatic carbocycles. The van der Waals surface area contributed by atoms with Gasteiger partial charge in [0.2, 0.25) is 0 Å². The van der Waals surface area contributed by atoms with Crippen LogP contribution in [0.1, 0.15) is 30.7 Å². The van der Waals surface area contributed by atoms with Gasteiger partial charge in [-0.25, -0.2) is 4.98 Å². The van der Waals surface area contributed by atoms with Crippen LogP contribution in [0.15, 0.2) is 54.9 Å². The molecule has 0 saturated carbocycles. The molecule has 0 aliphatic rings. The van der Waals surface area contributed by atoms with Crippen LogP contribution in [0, 0.1) is 11.3 Å². The second-order valence-corrected chi connectivity index (χ2v) is 6.95.